The molecule has 2 unspecified atom stereocenters. The van der Waals surface area contributed by atoms with Gasteiger partial charge in [-0.25, -0.2) is 4.79 Å². The lowest BCUT2D eigenvalue weighted by Gasteiger charge is -2.36. The van der Waals surface area contributed by atoms with Gasteiger partial charge in [0.2, 0.25) is 5.91 Å². The molecule has 0 spiro atoms. The third kappa shape index (κ3) is 3.32. The van der Waals surface area contributed by atoms with Crippen molar-refractivity contribution in [2.75, 3.05) is 6.54 Å². The molecule has 22 heavy (non-hydrogen) atoms. The molecule has 0 saturated carbocycles. The zero-order valence-electron chi connectivity index (χ0n) is 13.6. The molecule has 4 heteroatoms. The van der Waals surface area contributed by atoms with E-state index in [1.54, 1.807) is 4.90 Å². The highest BCUT2D eigenvalue weighted by Crippen LogP contribution is 2.31. The molecule has 2 rings (SSSR count). The topological polar surface area (TPSA) is 57.6 Å². The Morgan fingerprint density at radius 2 is 2.00 bits per heavy atom. The zero-order chi connectivity index (χ0) is 16.3. The molecule has 1 aromatic carbocycles. The van der Waals surface area contributed by atoms with Crippen molar-refractivity contribution in [3.8, 4) is 0 Å². The number of carboxylic acids is 1. The van der Waals surface area contributed by atoms with Gasteiger partial charge in [-0.1, -0.05) is 51.5 Å². The average molecular weight is 303 g/mol. The van der Waals surface area contributed by atoms with Gasteiger partial charge in [-0.15, -0.1) is 0 Å². The number of fused-ring (bicyclic) bond motifs is 1. The molecule has 1 heterocycles. The summed E-state index contributed by atoms with van der Waals surface area (Å²) in [6.07, 6.45) is 2.09. The first-order chi connectivity index (χ1) is 10.5. The minimum atomic E-state index is -0.946. The molecule has 0 saturated heterocycles. The Balaban J connectivity index is 2.24. The van der Waals surface area contributed by atoms with E-state index >= 15 is 0 Å². The van der Waals surface area contributed by atoms with Crippen LogP contribution in [0.15, 0.2) is 24.3 Å². The van der Waals surface area contributed by atoms with Crippen LogP contribution in [0.4, 0.5) is 0 Å². The molecule has 0 aromatic heterocycles. The summed E-state index contributed by atoms with van der Waals surface area (Å²) in [7, 11) is 0. The highest BCUT2D eigenvalue weighted by molar-refractivity contribution is 5.85. The Morgan fingerprint density at radius 1 is 1.32 bits per heavy atom. The Morgan fingerprint density at radius 3 is 2.59 bits per heavy atom. The van der Waals surface area contributed by atoms with Crippen molar-refractivity contribution in [1.82, 2.24) is 4.90 Å². The number of benzene rings is 1. The number of rotatable bonds is 5. The van der Waals surface area contributed by atoms with E-state index in [4.69, 9.17) is 0 Å². The zero-order valence-corrected chi connectivity index (χ0v) is 13.6. The minimum Gasteiger partial charge on any atom is -0.479 e. The van der Waals surface area contributed by atoms with Gasteiger partial charge in [0.05, 0.1) is 0 Å². The summed E-state index contributed by atoms with van der Waals surface area (Å²) in [5, 5.41) is 9.61. The molecule has 1 amide bonds. The van der Waals surface area contributed by atoms with Crippen LogP contribution < -0.4 is 0 Å². The fourth-order valence-electron chi connectivity index (χ4n) is 3.29. The molecule has 1 aliphatic rings. The summed E-state index contributed by atoms with van der Waals surface area (Å²) in [6, 6.07) is 6.69. The van der Waals surface area contributed by atoms with E-state index in [2.05, 4.69) is 20.8 Å². The smallest absolute Gasteiger partial charge is 0.331 e. The molecule has 120 valence electrons. The van der Waals surface area contributed by atoms with Gasteiger partial charge in [-0.3, -0.25) is 4.79 Å². The van der Waals surface area contributed by atoms with Crippen LogP contribution in [0.25, 0.3) is 0 Å². The molecular formula is C18H25NO3. The van der Waals surface area contributed by atoms with Crippen LogP contribution in [0.3, 0.4) is 0 Å². The van der Waals surface area contributed by atoms with Gasteiger partial charge in [-0.2, -0.15) is 0 Å². The maximum Gasteiger partial charge on any atom is 0.331 e. The Labute approximate surface area is 132 Å². The van der Waals surface area contributed by atoms with E-state index in [0.717, 1.165) is 24.0 Å². The van der Waals surface area contributed by atoms with Gasteiger partial charge in [0.1, 0.15) is 0 Å². The lowest BCUT2D eigenvalue weighted by molar-refractivity contribution is -0.151. The van der Waals surface area contributed by atoms with Gasteiger partial charge in [0, 0.05) is 13.0 Å². The molecule has 1 N–H and O–H groups in total. The summed E-state index contributed by atoms with van der Waals surface area (Å²) in [4.78, 5) is 25.9. The fourth-order valence-corrected chi connectivity index (χ4v) is 3.29. The van der Waals surface area contributed by atoms with Crippen molar-refractivity contribution < 1.29 is 14.7 Å². The molecule has 0 radical (unpaired) electrons. The first-order valence-electron chi connectivity index (χ1n) is 8.05. The van der Waals surface area contributed by atoms with Crippen LogP contribution >= 0.6 is 0 Å². The third-order valence-electron chi connectivity index (χ3n) is 4.74. The number of hydrogen-bond donors (Lipinski definition) is 1. The summed E-state index contributed by atoms with van der Waals surface area (Å²) >= 11 is 0. The van der Waals surface area contributed by atoms with E-state index in [1.807, 2.05) is 24.3 Å². The van der Waals surface area contributed by atoms with Crippen molar-refractivity contribution >= 4 is 11.9 Å². The molecule has 0 bridgehead atoms. The standard InChI is InChI=1S/C18H25NO3/c1-4-13(12(2)3)11-16(20)19-10-9-14-7-5-6-8-15(14)17(19)18(21)22/h5-8,12-13,17H,4,9-11H2,1-3H3,(H,21,22). The van der Waals surface area contributed by atoms with E-state index in [1.165, 1.54) is 0 Å². The second kappa shape index (κ2) is 6.95. The maximum atomic E-state index is 12.7. The van der Waals surface area contributed by atoms with Gasteiger partial charge >= 0.3 is 5.97 Å². The van der Waals surface area contributed by atoms with Crippen LogP contribution in [0, 0.1) is 11.8 Å². The van der Waals surface area contributed by atoms with Gasteiger partial charge in [0.15, 0.2) is 6.04 Å². The maximum absolute atomic E-state index is 12.7. The Kier molecular flexibility index (Phi) is 5.22. The van der Waals surface area contributed by atoms with Crippen LogP contribution in [0.2, 0.25) is 0 Å². The summed E-state index contributed by atoms with van der Waals surface area (Å²) in [5.74, 6) is -0.256. The first kappa shape index (κ1) is 16.5. The number of nitrogens with zero attached hydrogens (tertiary/aromatic N) is 1. The van der Waals surface area contributed by atoms with Crippen molar-refractivity contribution in [3.63, 3.8) is 0 Å². The summed E-state index contributed by atoms with van der Waals surface area (Å²) in [6.45, 7) is 6.79. The monoisotopic (exact) mass is 303 g/mol. The molecule has 2 atom stereocenters. The number of aliphatic carboxylic acids is 1. The molecular weight excluding hydrogens is 278 g/mol. The molecule has 1 aliphatic heterocycles. The summed E-state index contributed by atoms with van der Waals surface area (Å²) < 4.78 is 0. The highest BCUT2D eigenvalue weighted by Gasteiger charge is 2.36. The van der Waals surface area contributed by atoms with Gasteiger partial charge in [0.25, 0.3) is 0 Å². The van der Waals surface area contributed by atoms with E-state index in [-0.39, 0.29) is 5.91 Å². The number of carboxylic acid groups (broad SMARTS) is 1. The van der Waals surface area contributed by atoms with Crippen molar-refractivity contribution in [2.45, 2.75) is 46.1 Å². The molecule has 4 nitrogen and oxygen atoms in total. The van der Waals surface area contributed by atoms with Crippen molar-refractivity contribution in [3.05, 3.63) is 35.4 Å². The first-order valence-corrected chi connectivity index (χ1v) is 8.05. The van der Waals surface area contributed by atoms with Gasteiger partial charge < -0.3 is 10.0 Å². The van der Waals surface area contributed by atoms with Crippen LogP contribution in [-0.4, -0.2) is 28.4 Å². The average Bonchev–Trinajstić information content (AvgIpc) is 2.50. The quantitative estimate of drug-likeness (QED) is 0.908. The van der Waals surface area contributed by atoms with Gasteiger partial charge in [-0.05, 0) is 29.4 Å². The lowest BCUT2D eigenvalue weighted by Crippen LogP contribution is -2.44. The van der Waals surface area contributed by atoms with Crippen molar-refractivity contribution in [1.29, 1.82) is 0 Å². The lowest BCUT2D eigenvalue weighted by atomic mass is 9.88. The van der Waals surface area contributed by atoms with E-state index < -0.39 is 12.0 Å². The van der Waals surface area contributed by atoms with E-state index in [9.17, 15) is 14.7 Å². The Hall–Kier alpha value is -1.84. The number of carbonyl (C=O) groups excluding carboxylic acids is 1. The molecule has 0 fully saturated rings. The number of carbonyl (C=O) groups is 2. The third-order valence-corrected chi connectivity index (χ3v) is 4.74. The van der Waals surface area contributed by atoms with Crippen molar-refractivity contribution in [2.24, 2.45) is 11.8 Å². The second-order valence-corrected chi connectivity index (χ2v) is 6.39. The van der Waals surface area contributed by atoms with Crippen LogP contribution in [-0.2, 0) is 16.0 Å². The molecule has 1 aromatic rings. The minimum absolute atomic E-state index is 0.0394. The highest BCUT2D eigenvalue weighted by atomic mass is 16.4. The normalized spacial score (nSPS) is 18.9. The number of amides is 1. The van der Waals surface area contributed by atoms with E-state index in [0.29, 0.717) is 24.8 Å². The van der Waals surface area contributed by atoms with Crippen LogP contribution in [0.5, 0.6) is 0 Å². The SMILES string of the molecule is CCC(CC(=O)N1CCc2ccccc2C1C(=O)O)C(C)C. The predicted octanol–water partition coefficient (Wildman–Crippen LogP) is 3.27. The number of hydrogen-bond acceptors (Lipinski definition) is 2. The molecule has 0 aliphatic carbocycles. The summed E-state index contributed by atoms with van der Waals surface area (Å²) in [5.41, 5.74) is 1.79. The fraction of sp³-hybridized carbons (Fsp3) is 0.556. The predicted molar refractivity (Wildman–Crippen MR) is 85.5 cm³/mol. The largest absolute Gasteiger partial charge is 0.479 e. The Bertz CT molecular complexity index is 553. The second-order valence-electron chi connectivity index (χ2n) is 6.39. The van der Waals surface area contributed by atoms with Crippen LogP contribution in [0.1, 0.15) is 50.8 Å².